The zero-order valence-corrected chi connectivity index (χ0v) is 12.6. The molecule has 0 heterocycles. The third kappa shape index (κ3) is 4.05. The summed E-state index contributed by atoms with van der Waals surface area (Å²) in [4.78, 5) is 12.6. The Morgan fingerprint density at radius 2 is 2.00 bits per heavy atom. The lowest BCUT2D eigenvalue weighted by atomic mass is 10.1. The average molecular weight is 280 g/mol. The van der Waals surface area contributed by atoms with E-state index in [2.05, 4.69) is 19.2 Å². The minimum absolute atomic E-state index is 0.0673. The molecule has 0 unspecified atom stereocenters. The highest BCUT2D eigenvalue weighted by atomic mass is 16.4. The molecule has 0 aliphatic heterocycles. The van der Waals surface area contributed by atoms with Gasteiger partial charge < -0.3 is 15.5 Å². The fraction of sp³-hybridized carbons (Fsp3) is 0.533. The van der Waals surface area contributed by atoms with Crippen LogP contribution in [-0.4, -0.2) is 28.9 Å². The monoisotopic (exact) mass is 280 g/mol. The smallest absolute Gasteiger partial charge is 0.412 e. The van der Waals surface area contributed by atoms with Crippen molar-refractivity contribution >= 4 is 17.5 Å². The molecule has 0 aliphatic carbocycles. The van der Waals surface area contributed by atoms with Gasteiger partial charge in [-0.15, -0.1) is 0 Å². The van der Waals surface area contributed by atoms with Crippen LogP contribution in [0.4, 0.5) is 16.2 Å². The second-order valence-electron chi connectivity index (χ2n) is 5.39. The van der Waals surface area contributed by atoms with Crippen LogP contribution in [0, 0.1) is 5.92 Å². The van der Waals surface area contributed by atoms with Crippen molar-refractivity contribution in [2.24, 2.45) is 5.92 Å². The summed E-state index contributed by atoms with van der Waals surface area (Å²) in [6, 6.07) is 4.78. The van der Waals surface area contributed by atoms with E-state index in [-0.39, 0.29) is 11.8 Å². The first-order valence-corrected chi connectivity index (χ1v) is 6.95. The van der Waals surface area contributed by atoms with Crippen molar-refractivity contribution in [2.45, 2.75) is 40.2 Å². The summed E-state index contributed by atoms with van der Waals surface area (Å²) in [7, 11) is 0. The Morgan fingerprint density at radius 3 is 2.45 bits per heavy atom. The van der Waals surface area contributed by atoms with Gasteiger partial charge in [-0.3, -0.25) is 4.90 Å². The largest absolute Gasteiger partial charge is 0.506 e. The highest BCUT2D eigenvalue weighted by molar-refractivity contribution is 5.87. The number of phenolic OH excluding ortho intramolecular Hbond substituents is 1. The Kier molecular flexibility index (Phi) is 5.67. The summed E-state index contributed by atoms with van der Waals surface area (Å²) in [5.74, 6) is 0.530. The topological polar surface area (TPSA) is 72.8 Å². The van der Waals surface area contributed by atoms with Crippen LogP contribution >= 0.6 is 0 Å². The van der Waals surface area contributed by atoms with Crippen LogP contribution < -0.4 is 10.2 Å². The highest BCUT2D eigenvalue weighted by Crippen LogP contribution is 2.30. The molecule has 0 spiro atoms. The summed E-state index contributed by atoms with van der Waals surface area (Å²) in [6.07, 6.45) is -0.304. The molecule has 5 nitrogen and oxygen atoms in total. The number of hydrogen-bond donors (Lipinski definition) is 3. The zero-order valence-electron chi connectivity index (χ0n) is 12.6. The second-order valence-corrected chi connectivity index (χ2v) is 5.39. The predicted molar refractivity (Wildman–Crippen MR) is 81.7 cm³/mol. The summed E-state index contributed by atoms with van der Waals surface area (Å²) in [6.45, 7) is 8.68. The fourth-order valence-electron chi connectivity index (χ4n) is 1.87. The molecule has 1 aromatic rings. The first-order valence-electron chi connectivity index (χ1n) is 6.95. The van der Waals surface area contributed by atoms with Crippen LogP contribution in [0.5, 0.6) is 5.75 Å². The van der Waals surface area contributed by atoms with Gasteiger partial charge in [-0.25, -0.2) is 4.79 Å². The molecule has 0 saturated heterocycles. The van der Waals surface area contributed by atoms with E-state index in [0.29, 0.717) is 23.7 Å². The van der Waals surface area contributed by atoms with Gasteiger partial charge in [-0.05, 0) is 31.4 Å². The van der Waals surface area contributed by atoms with Crippen molar-refractivity contribution in [3.63, 3.8) is 0 Å². The number of aromatic hydroxyl groups is 1. The number of carboxylic acid groups (broad SMARTS) is 1. The molecule has 0 aromatic heterocycles. The molecule has 0 bridgehead atoms. The Morgan fingerprint density at radius 1 is 1.35 bits per heavy atom. The molecule has 1 atom stereocenters. The lowest BCUT2D eigenvalue weighted by Gasteiger charge is -2.26. The number of phenols is 1. The van der Waals surface area contributed by atoms with Crippen molar-refractivity contribution in [3.8, 4) is 5.75 Å². The van der Waals surface area contributed by atoms with Gasteiger partial charge in [-0.2, -0.15) is 0 Å². The number of hydrogen-bond acceptors (Lipinski definition) is 3. The van der Waals surface area contributed by atoms with Crippen LogP contribution in [0.15, 0.2) is 18.2 Å². The molecule has 112 valence electrons. The number of anilines is 2. The molecule has 1 aromatic carbocycles. The number of nitrogens with one attached hydrogen (secondary N) is 1. The molecular weight excluding hydrogens is 256 g/mol. The van der Waals surface area contributed by atoms with E-state index in [9.17, 15) is 15.0 Å². The maximum absolute atomic E-state index is 11.3. The van der Waals surface area contributed by atoms with Crippen LogP contribution in [0.2, 0.25) is 0 Å². The van der Waals surface area contributed by atoms with E-state index < -0.39 is 6.09 Å². The van der Waals surface area contributed by atoms with Gasteiger partial charge in [-0.1, -0.05) is 20.8 Å². The number of carbonyl (C=O) groups is 1. The van der Waals surface area contributed by atoms with E-state index in [1.165, 1.54) is 11.0 Å². The minimum atomic E-state index is -1.01. The van der Waals surface area contributed by atoms with Gasteiger partial charge in [0, 0.05) is 18.7 Å². The minimum Gasteiger partial charge on any atom is -0.506 e. The number of rotatable bonds is 6. The van der Waals surface area contributed by atoms with Crippen LogP contribution in [0.1, 0.15) is 34.1 Å². The second kappa shape index (κ2) is 7.03. The Bertz CT molecular complexity index is 460. The number of amides is 1. The van der Waals surface area contributed by atoms with Crippen molar-refractivity contribution in [1.82, 2.24) is 0 Å². The predicted octanol–water partition coefficient (Wildman–Crippen LogP) is 3.74. The summed E-state index contributed by atoms with van der Waals surface area (Å²) >= 11 is 0. The standard InChI is InChI=1S/C15H24N2O3/c1-5-11(4)17(15(19)20)12-6-7-13(14(18)8-12)16-9-10(2)3/h6-8,10-11,16,18H,5,9H2,1-4H3,(H,19,20)/t11-/m0/s1. The number of nitrogens with zero attached hydrogens (tertiary/aromatic N) is 1. The van der Waals surface area contributed by atoms with Crippen molar-refractivity contribution < 1.29 is 15.0 Å². The maximum Gasteiger partial charge on any atom is 0.412 e. The van der Waals surface area contributed by atoms with E-state index >= 15 is 0 Å². The lowest BCUT2D eigenvalue weighted by molar-refractivity contribution is 0.199. The van der Waals surface area contributed by atoms with Crippen molar-refractivity contribution in [1.29, 1.82) is 0 Å². The van der Waals surface area contributed by atoms with E-state index in [4.69, 9.17) is 0 Å². The lowest BCUT2D eigenvalue weighted by Crippen LogP contribution is -2.37. The molecule has 1 rings (SSSR count). The summed E-state index contributed by atoms with van der Waals surface area (Å²) in [5.41, 5.74) is 1.11. The van der Waals surface area contributed by atoms with Gasteiger partial charge in [0.15, 0.2) is 0 Å². The maximum atomic E-state index is 11.3. The zero-order chi connectivity index (χ0) is 15.3. The first kappa shape index (κ1) is 16.1. The molecule has 5 heteroatoms. The molecule has 0 radical (unpaired) electrons. The third-order valence-corrected chi connectivity index (χ3v) is 3.20. The van der Waals surface area contributed by atoms with Crippen molar-refractivity contribution in [2.75, 3.05) is 16.8 Å². The van der Waals surface area contributed by atoms with Gasteiger partial charge in [0.05, 0.1) is 11.4 Å². The SMILES string of the molecule is CC[C@H](C)N(C(=O)O)c1ccc(NCC(C)C)c(O)c1. The summed E-state index contributed by atoms with van der Waals surface area (Å²) < 4.78 is 0. The molecule has 20 heavy (non-hydrogen) atoms. The third-order valence-electron chi connectivity index (χ3n) is 3.20. The van der Waals surface area contributed by atoms with Crippen LogP contribution in [0.25, 0.3) is 0 Å². The molecule has 1 amide bonds. The van der Waals surface area contributed by atoms with E-state index in [1.807, 2.05) is 13.8 Å². The highest BCUT2D eigenvalue weighted by Gasteiger charge is 2.20. The first-order chi connectivity index (χ1) is 9.36. The normalized spacial score (nSPS) is 12.2. The van der Waals surface area contributed by atoms with Gasteiger partial charge in [0.2, 0.25) is 0 Å². The Hall–Kier alpha value is -1.91. The molecular formula is C15H24N2O3. The fourth-order valence-corrected chi connectivity index (χ4v) is 1.87. The Balaban J connectivity index is 2.97. The van der Waals surface area contributed by atoms with Crippen molar-refractivity contribution in [3.05, 3.63) is 18.2 Å². The summed E-state index contributed by atoms with van der Waals surface area (Å²) in [5, 5.41) is 22.4. The van der Waals surface area contributed by atoms with Crippen LogP contribution in [0.3, 0.4) is 0 Å². The van der Waals surface area contributed by atoms with Gasteiger partial charge in [0.25, 0.3) is 0 Å². The quantitative estimate of drug-likeness (QED) is 0.694. The van der Waals surface area contributed by atoms with Crippen LogP contribution in [-0.2, 0) is 0 Å². The molecule has 3 N–H and O–H groups in total. The average Bonchev–Trinajstić information content (AvgIpc) is 2.37. The molecule has 0 aliphatic rings. The molecule has 0 saturated carbocycles. The van der Waals surface area contributed by atoms with E-state index in [1.54, 1.807) is 12.1 Å². The Labute approximate surface area is 120 Å². The van der Waals surface area contributed by atoms with Gasteiger partial charge >= 0.3 is 6.09 Å². The number of benzene rings is 1. The van der Waals surface area contributed by atoms with Gasteiger partial charge in [0.1, 0.15) is 5.75 Å². The molecule has 0 fully saturated rings. The van der Waals surface area contributed by atoms with E-state index in [0.717, 1.165) is 6.54 Å².